The Kier molecular flexibility index (Phi) is 6.36. The topological polar surface area (TPSA) is 55.4 Å². The van der Waals surface area contributed by atoms with Gasteiger partial charge in [-0.1, -0.05) is 34.1 Å². The van der Waals surface area contributed by atoms with Crippen molar-refractivity contribution in [1.29, 1.82) is 0 Å². The molecule has 0 saturated carbocycles. The van der Waals surface area contributed by atoms with Gasteiger partial charge in [0.05, 0.1) is 6.04 Å². The van der Waals surface area contributed by atoms with E-state index in [1.54, 1.807) is 20.8 Å². The van der Waals surface area contributed by atoms with Crippen molar-refractivity contribution in [2.75, 3.05) is 0 Å². The number of ether oxygens (including phenoxy) is 1. The monoisotopic (exact) mass is 257 g/mol. The first-order valence-electron chi connectivity index (χ1n) is 6.61. The van der Waals surface area contributed by atoms with Crippen LogP contribution in [0.2, 0.25) is 0 Å². The molecule has 0 aromatic heterocycles. The van der Waals surface area contributed by atoms with Crippen molar-refractivity contribution in [2.24, 2.45) is 11.8 Å². The molecule has 2 atom stereocenters. The van der Waals surface area contributed by atoms with E-state index in [-0.39, 0.29) is 17.6 Å². The van der Waals surface area contributed by atoms with E-state index in [0.717, 1.165) is 6.42 Å². The Morgan fingerprint density at radius 3 is 2.00 bits per heavy atom. The number of hydrogen-bond donors (Lipinski definition) is 1. The second kappa shape index (κ2) is 6.76. The largest absolute Gasteiger partial charge is 0.444 e. The summed E-state index contributed by atoms with van der Waals surface area (Å²) in [5.41, 5.74) is -0.551. The molecule has 0 aliphatic carbocycles. The molecule has 0 unspecified atom stereocenters. The summed E-state index contributed by atoms with van der Waals surface area (Å²) in [6.07, 6.45) is 0.306. The SMILES string of the molecule is CC[C@@H](C)[C@@H](NC(=O)OC(C)(C)C)C(=O)C(C)C. The minimum absolute atomic E-state index is 0.0511. The molecule has 18 heavy (non-hydrogen) atoms. The third-order valence-corrected chi connectivity index (χ3v) is 2.76. The highest BCUT2D eigenvalue weighted by Gasteiger charge is 2.29. The summed E-state index contributed by atoms with van der Waals surface area (Å²) < 4.78 is 5.19. The lowest BCUT2D eigenvalue weighted by molar-refractivity contribution is -0.125. The van der Waals surface area contributed by atoms with Gasteiger partial charge in [0.25, 0.3) is 0 Å². The molecule has 0 aromatic rings. The highest BCUT2D eigenvalue weighted by molar-refractivity contribution is 5.89. The average Bonchev–Trinajstić information content (AvgIpc) is 2.21. The third kappa shape index (κ3) is 6.03. The number of nitrogens with one attached hydrogen (secondary N) is 1. The van der Waals surface area contributed by atoms with Crippen molar-refractivity contribution in [3.8, 4) is 0 Å². The number of Topliss-reactive ketones (excluding diaryl/α,β-unsaturated/α-hetero) is 1. The second-order valence-electron chi connectivity index (χ2n) is 6.07. The van der Waals surface area contributed by atoms with Gasteiger partial charge in [0.2, 0.25) is 0 Å². The summed E-state index contributed by atoms with van der Waals surface area (Å²) in [4.78, 5) is 23.8. The molecular formula is C14H27NO3. The molecule has 0 fully saturated rings. The molecule has 0 spiro atoms. The van der Waals surface area contributed by atoms with E-state index in [0.29, 0.717) is 0 Å². The first kappa shape index (κ1) is 16.9. The minimum atomic E-state index is -0.551. The second-order valence-corrected chi connectivity index (χ2v) is 6.07. The first-order chi connectivity index (χ1) is 8.08. The third-order valence-electron chi connectivity index (χ3n) is 2.76. The Hall–Kier alpha value is -1.06. The van der Waals surface area contributed by atoms with Crippen LogP contribution in [0.5, 0.6) is 0 Å². The fraction of sp³-hybridized carbons (Fsp3) is 0.857. The lowest BCUT2D eigenvalue weighted by atomic mass is 9.90. The van der Waals surface area contributed by atoms with E-state index < -0.39 is 17.7 Å². The Morgan fingerprint density at radius 2 is 1.67 bits per heavy atom. The van der Waals surface area contributed by atoms with Gasteiger partial charge in [-0.05, 0) is 26.7 Å². The van der Waals surface area contributed by atoms with Crippen LogP contribution in [0.25, 0.3) is 0 Å². The lowest BCUT2D eigenvalue weighted by Crippen LogP contribution is -2.48. The quantitative estimate of drug-likeness (QED) is 0.823. The lowest BCUT2D eigenvalue weighted by Gasteiger charge is -2.27. The van der Waals surface area contributed by atoms with Crippen molar-refractivity contribution in [2.45, 2.75) is 66.5 Å². The van der Waals surface area contributed by atoms with Crippen molar-refractivity contribution >= 4 is 11.9 Å². The van der Waals surface area contributed by atoms with Gasteiger partial charge in [-0.2, -0.15) is 0 Å². The number of carbonyl (C=O) groups is 2. The average molecular weight is 257 g/mol. The van der Waals surface area contributed by atoms with Crippen LogP contribution in [0.4, 0.5) is 4.79 Å². The minimum Gasteiger partial charge on any atom is -0.444 e. The highest BCUT2D eigenvalue weighted by atomic mass is 16.6. The zero-order valence-corrected chi connectivity index (χ0v) is 12.7. The summed E-state index contributed by atoms with van der Waals surface area (Å²) in [6, 6.07) is -0.468. The first-order valence-corrected chi connectivity index (χ1v) is 6.61. The fourth-order valence-electron chi connectivity index (χ4n) is 1.52. The highest BCUT2D eigenvalue weighted by Crippen LogP contribution is 2.14. The Labute approximate surface area is 110 Å². The van der Waals surface area contributed by atoms with Crippen LogP contribution in [0.1, 0.15) is 54.9 Å². The van der Waals surface area contributed by atoms with E-state index in [9.17, 15) is 9.59 Å². The van der Waals surface area contributed by atoms with Crippen LogP contribution in [0.15, 0.2) is 0 Å². The van der Waals surface area contributed by atoms with Gasteiger partial charge < -0.3 is 10.1 Å². The Balaban J connectivity index is 4.71. The maximum Gasteiger partial charge on any atom is 0.408 e. The summed E-state index contributed by atoms with van der Waals surface area (Å²) in [7, 11) is 0. The fourth-order valence-corrected chi connectivity index (χ4v) is 1.52. The number of alkyl carbamates (subject to hydrolysis) is 1. The molecule has 0 aromatic carbocycles. The number of rotatable bonds is 5. The predicted octanol–water partition coefficient (Wildman–Crippen LogP) is 3.15. The predicted molar refractivity (Wildman–Crippen MR) is 72.5 cm³/mol. The van der Waals surface area contributed by atoms with E-state index >= 15 is 0 Å². The van der Waals surface area contributed by atoms with Crippen molar-refractivity contribution in [1.82, 2.24) is 5.32 Å². The van der Waals surface area contributed by atoms with Crippen LogP contribution in [-0.4, -0.2) is 23.5 Å². The summed E-state index contributed by atoms with van der Waals surface area (Å²) >= 11 is 0. The molecule has 0 bridgehead atoms. The molecule has 0 aliphatic rings. The van der Waals surface area contributed by atoms with Gasteiger partial charge >= 0.3 is 6.09 Å². The van der Waals surface area contributed by atoms with Crippen LogP contribution in [0.3, 0.4) is 0 Å². The zero-order chi connectivity index (χ0) is 14.5. The summed E-state index contributed by atoms with van der Waals surface area (Å²) in [6.45, 7) is 13.0. The normalized spacial score (nSPS) is 15.1. The number of carbonyl (C=O) groups excluding carboxylic acids is 2. The molecule has 0 saturated heterocycles. The van der Waals surface area contributed by atoms with Gasteiger partial charge in [0, 0.05) is 5.92 Å². The van der Waals surface area contributed by atoms with Crippen molar-refractivity contribution in [3.05, 3.63) is 0 Å². The number of ketones is 1. The van der Waals surface area contributed by atoms with Crippen molar-refractivity contribution < 1.29 is 14.3 Å². The van der Waals surface area contributed by atoms with Crippen molar-refractivity contribution in [3.63, 3.8) is 0 Å². The van der Waals surface area contributed by atoms with Gasteiger partial charge in [-0.3, -0.25) is 4.79 Å². The Bertz CT molecular complexity index is 292. The van der Waals surface area contributed by atoms with Crippen LogP contribution in [-0.2, 0) is 9.53 Å². The molecule has 106 valence electrons. The van der Waals surface area contributed by atoms with Crippen LogP contribution >= 0.6 is 0 Å². The van der Waals surface area contributed by atoms with E-state index in [2.05, 4.69) is 5.32 Å². The molecule has 0 aliphatic heterocycles. The molecule has 4 nitrogen and oxygen atoms in total. The number of amides is 1. The van der Waals surface area contributed by atoms with Crippen LogP contribution < -0.4 is 5.32 Å². The molecule has 0 heterocycles. The van der Waals surface area contributed by atoms with E-state index in [1.807, 2.05) is 27.7 Å². The van der Waals surface area contributed by atoms with E-state index in [1.165, 1.54) is 0 Å². The maximum absolute atomic E-state index is 12.1. The molecule has 4 heteroatoms. The maximum atomic E-state index is 12.1. The zero-order valence-electron chi connectivity index (χ0n) is 12.7. The van der Waals surface area contributed by atoms with Gasteiger partial charge in [-0.25, -0.2) is 4.79 Å². The number of hydrogen-bond acceptors (Lipinski definition) is 3. The van der Waals surface area contributed by atoms with Gasteiger partial charge in [-0.15, -0.1) is 0 Å². The molecule has 1 N–H and O–H groups in total. The summed E-state index contributed by atoms with van der Waals surface area (Å²) in [5.74, 6) is 0.0570. The molecular weight excluding hydrogens is 230 g/mol. The Morgan fingerprint density at radius 1 is 1.17 bits per heavy atom. The van der Waals surface area contributed by atoms with E-state index in [4.69, 9.17) is 4.74 Å². The van der Waals surface area contributed by atoms with Gasteiger partial charge in [0.1, 0.15) is 5.60 Å². The molecule has 1 amide bonds. The molecule has 0 radical (unpaired) electrons. The van der Waals surface area contributed by atoms with Gasteiger partial charge in [0.15, 0.2) is 5.78 Å². The summed E-state index contributed by atoms with van der Waals surface area (Å²) in [5, 5.41) is 2.69. The smallest absolute Gasteiger partial charge is 0.408 e. The standard InChI is InChI=1S/C14H27NO3/c1-8-10(4)11(12(16)9(2)3)15-13(17)18-14(5,6)7/h9-11H,8H2,1-7H3,(H,15,17)/t10-,11-/m1/s1. The van der Waals surface area contributed by atoms with Crippen LogP contribution in [0, 0.1) is 11.8 Å². The molecule has 0 rings (SSSR count).